The molecule has 0 saturated carbocycles. The first kappa shape index (κ1) is 16.7. The van der Waals surface area contributed by atoms with Crippen LogP contribution >= 0.6 is 11.8 Å². The van der Waals surface area contributed by atoms with Gasteiger partial charge in [-0.2, -0.15) is 11.8 Å². The molecule has 0 N–H and O–H groups in total. The zero-order valence-electron chi connectivity index (χ0n) is 13.8. The molecule has 1 unspecified atom stereocenters. The van der Waals surface area contributed by atoms with E-state index in [1.807, 2.05) is 24.8 Å². The Morgan fingerprint density at radius 3 is 2.71 bits per heavy atom. The van der Waals surface area contributed by atoms with Crippen molar-refractivity contribution in [2.24, 2.45) is 0 Å². The zero-order chi connectivity index (χ0) is 17.1. The average molecular weight is 344 g/mol. The third kappa shape index (κ3) is 3.67. The summed E-state index contributed by atoms with van der Waals surface area (Å²) in [5.41, 5.74) is 1.77. The third-order valence-electron chi connectivity index (χ3n) is 4.16. The van der Waals surface area contributed by atoms with Crippen molar-refractivity contribution < 1.29 is 4.92 Å². The van der Waals surface area contributed by atoms with E-state index in [0.29, 0.717) is 11.9 Å². The molecular weight excluding hydrogens is 324 g/mol. The molecule has 1 aromatic heterocycles. The number of rotatable bonds is 3. The van der Waals surface area contributed by atoms with Gasteiger partial charge < -0.3 is 4.90 Å². The molecular formula is C17H20N4O2S. The second-order valence-corrected chi connectivity index (χ2v) is 7.16. The summed E-state index contributed by atoms with van der Waals surface area (Å²) in [6, 6.07) is 8.86. The predicted molar refractivity (Wildman–Crippen MR) is 97.6 cm³/mol. The molecule has 1 fully saturated rings. The number of hydrogen-bond donors (Lipinski definition) is 0. The van der Waals surface area contributed by atoms with Crippen LogP contribution in [0.15, 0.2) is 30.3 Å². The van der Waals surface area contributed by atoms with Crippen LogP contribution in [0.25, 0.3) is 11.4 Å². The van der Waals surface area contributed by atoms with E-state index in [9.17, 15) is 10.1 Å². The van der Waals surface area contributed by atoms with Crippen LogP contribution in [0.1, 0.15) is 19.0 Å². The van der Waals surface area contributed by atoms with E-state index < -0.39 is 4.92 Å². The number of anilines is 1. The molecule has 0 aliphatic carbocycles. The summed E-state index contributed by atoms with van der Waals surface area (Å²) in [5, 5.41) is 10.8. The van der Waals surface area contributed by atoms with Crippen LogP contribution in [0.2, 0.25) is 0 Å². The van der Waals surface area contributed by atoms with Gasteiger partial charge in [0.25, 0.3) is 5.69 Å². The maximum atomic E-state index is 10.8. The topological polar surface area (TPSA) is 72.2 Å². The monoisotopic (exact) mass is 344 g/mol. The molecule has 1 atom stereocenters. The number of aromatic nitrogens is 2. The maximum absolute atomic E-state index is 10.8. The number of nitro groups is 1. The van der Waals surface area contributed by atoms with Gasteiger partial charge in [0.1, 0.15) is 5.82 Å². The van der Waals surface area contributed by atoms with Gasteiger partial charge in [-0.1, -0.05) is 0 Å². The largest absolute Gasteiger partial charge is 0.353 e. The highest BCUT2D eigenvalue weighted by molar-refractivity contribution is 7.99. The van der Waals surface area contributed by atoms with Crippen LogP contribution in [0.5, 0.6) is 0 Å². The molecule has 0 radical (unpaired) electrons. The quantitative estimate of drug-likeness (QED) is 0.624. The molecule has 1 aromatic carbocycles. The van der Waals surface area contributed by atoms with E-state index in [1.165, 1.54) is 17.9 Å². The Morgan fingerprint density at radius 2 is 2.00 bits per heavy atom. The van der Waals surface area contributed by atoms with Crippen LogP contribution in [0.3, 0.4) is 0 Å². The minimum Gasteiger partial charge on any atom is -0.353 e. The molecule has 0 spiro atoms. The summed E-state index contributed by atoms with van der Waals surface area (Å²) >= 11 is 1.98. The lowest BCUT2D eigenvalue weighted by atomic mass is 10.2. The molecule has 6 nitrogen and oxygen atoms in total. The first-order chi connectivity index (χ1) is 11.5. The predicted octanol–water partition coefficient (Wildman–Crippen LogP) is 3.69. The second kappa shape index (κ2) is 7.17. The fourth-order valence-corrected chi connectivity index (χ4v) is 3.83. The Hall–Kier alpha value is -2.15. The molecule has 3 rings (SSSR count). The second-order valence-electron chi connectivity index (χ2n) is 5.94. The minimum atomic E-state index is -0.400. The molecule has 7 heteroatoms. The summed E-state index contributed by atoms with van der Waals surface area (Å²) in [4.78, 5) is 22.0. The van der Waals surface area contributed by atoms with Crippen LogP contribution in [-0.4, -0.2) is 39.0 Å². The summed E-state index contributed by atoms with van der Waals surface area (Å²) in [5.74, 6) is 3.83. The first-order valence-corrected chi connectivity index (χ1v) is 9.15. The first-order valence-electron chi connectivity index (χ1n) is 7.99. The lowest BCUT2D eigenvalue weighted by Gasteiger charge is -2.28. The SMILES string of the molecule is Cc1cc(N2CCSCCC2C)nc(-c2ccc([N+](=O)[O-])cc2)n1. The van der Waals surface area contributed by atoms with Gasteiger partial charge in [-0.05, 0) is 38.2 Å². The highest BCUT2D eigenvalue weighted by Crippen LogP contribution is 2.26. The normalized spacial score (nSPS) is 18.2. The number of non-ortho nitro benzene ring substituents is 1. The molecule has 126 valence electrons. The van der Waals surface area contributed by atoms with Crippen molar-refractivity contribution in [3.05, 3.63) is 46.1 Å². The van der Waals surface area contributed by atoms with Crippen LogP contribution < -0.4 is 4.90 Å². The van der Waals surface area contributed by atoms with Gasteiger partial charge in [0.2, 0.25) is 0 Å². The third-order valence-corrected chi connectivity index (χ3v) is 5.16. The molecule has 0 bridgehead atoms. The number of benzene rings is 1. The van der Waals surface area contributed by atoms with Crippen LogP contribution in [0, 0.1) is 17.0 Å². The van der Waals surface area contributed by atoms with E-state index >= 15 is 0 Å². The summed E-state index contributed by atoms with van der Waals surface area (Å²) in [7, 11) is 0. The molecule has 2 aromatic rings. The van der Waals surface area contributed by atoms with E-state index in [0.717, 1.165) is 35.8 Å². The van der Waals surface area contributed by atoms with Gasteiger partial charge in [0.05, 0.1) is 4.92 Å². The zero-order valence-corrected chi connectivity index (χ0v) is 14.6. The van der Waals surface area contributed by atoms with Gasteiger partial charge in [-0.3, -0.25) is 10.1 Å². The van der Waals surface area contributed by atoms with Crippen molar-refractivity contribution in [3.8, 4) is 11.4 Å². The molecule has 2 heterocycles. The van der Waals surface area contributed by atoms with Crippen molar-refractivity contribution in [2.75, 3.05) is 23.0 Å². The summed E-state index contributed by atoms with van der Waals surface area (Å²) in [6.45, 7) is 5.16. The number of nitrogens with zero attached hydrogens (tertiary/aromatic N) is 4. The Morgan fingerprint density at radius 1 is 1.25 bits per heavy atom. The molecule has 0 amide bonds. The molecule has 1 saturated heterocycles. The highest BCUT2D eigenvalue weighted by Gasteiger charge is 2.20. The molecule has 1 aliphatic rings. The Labute approximate surface area is 145 Å². The number of hydrogen-bond acceptors (Lipinski definition) is 6. The summed E-state index contributed by atoms with van der Waals surface area (Å²) < 4.78 is 0. The smallest absolute Gasteiger partial charge is 0.269 e. The maximum Gasteiger partial charge on any atom is 0.269 e. The highest BCUT2D eigenvalue weighted by atomic mass is 32.2. The molecule has 24 heavy (non-hydrogen) atoms. The van der Waals surface area contributed by atoms with Gasteiger partial charge in [-0.15, -0.1) is 0 Å². The van der Waals surface area contributed by atoms with E-state index in [-0.39, 0.29) is 5.69 Å². The lowest BCUT2D eigenvalue weighted by molar-refractivity contribution is -0.384. The van der Waals surface area contributed by atoms with E-state index in [1.54, 1.807) is 12.1 Å². The lowest BCUT2D eigenvalue weighted by Crippen LogP contribution is -2.34. The number of nitro benzene ring substituents is 1. The van der Waals surface area contributed by atoms with Crippen molar-refractivity contribution in [1.82, 2.24) is 9.97 Å². The van der Waals surface area contributed by atoms with Crippen molar-refractivity contribution in [2.45, 2.75) is 26.3 Å². The van der Waals surface area contributed by atoms with Crippen molar-refractivity contribution in [1.29, 1.82) is 0 Å². The van der Waals surface area contributed by atoms with Crippen molar-refractivity contribution in [3.63, 3.8) is 0 Å². The average Bonchev–Trinajstić information content (AvgIpc) is 2.79. The van der Waals surface area contributed by atoms with Crippen LogP contribution in [-0.2, 0) is 0 Å². The van der Waals surface area contributed by atoms with Gasteiger partial charge in [-0.25, -0.2) is 9.97 Å². The number of thioether (sulfide) groups is 1. The van der Waals surface area contributed by atoms with Gasteiger partial charge >= 0.3 is 0 Å². The van der Waals surface area contributed by atoms with Crippen LogP contribution in [0.4, 0.5) is 11.5 Å². The fraction of sp³-hybridized carbons (Fsp3) is 0.412. The number of aryl methyl sites for hydroxylation is 1. The Kier molecular flexibility index (Phi) is 4.99. The van der Waals surface area contributed by atoms with E-state index in [4.69, 9.17) is 4.98 Å². The standard InChI is InChI=1S/C17H20N4O2S/c1-12-11-16(20-8-10-24-9-7-13(20)2)19-17(18-12)14-3-5-15(6-4-14)21(22)23/h3-6,11,13H,7-10H2,1-2H3. The van der Waals surface area contributed by atoms with Gasteiger partial charge in [0.15, 0.2) is 5.82 Å². The minimum absolute atomic E-state index is 0.0739. The fourth-order valence-electron chi connectivity index (χ4n) is 2.80. The summed E-state index contributed by atoms with van der Waals surface area (Å²) in [6.07, 6.45) is 1.14. The Balaban J connectivity index is 1.94. The molecule has 1 aliphatic heterocycles. The van der Waals surface area contributed by atoms with E-state index in [2.05, 4.69) is 16.8 Å². The Bertz CT molecular complexity index is 736. The van der Waals surface area contributed by atoms with Crippen molar-refractivity contribution >= 4 is 23.3 Å². The van der Waals surface area contributed by atoms with Gasteiger partial charge in [0, 0.05) is 47.8 Å².